The molecule has 1 saturated heterocycles. The molecule has 1 heterocycles. The number of hydrogen-bond donors (Lipinski definition) is 1. The Morgan fingerprint density at radius 2 is 2.00 bits per heavy atom. The van der Waals surface area contributed by atoms with E-state index in [4.69, 9.17) is 0 Å². The first-order chi connectivity index (χ1) is 9.15. The van der Waals surface area contributed by atoms with Crippen molar-refractivity contribution in [2.75, 3.05) is 6.54 Å². The molecule has 104 valence electrons. The summed E-state index contributed by atoms with van der Waals surface area (Å²) in [6.07, 6.45) is 5.35. The van der Waals surface area contributed by atoms with Crippen LogP contribution >= 0.6 is 0 Å². The second-order valence-corrected chi connectivity index (χ2v) is 6.07. The van der Waals surface area contributed by atoms with Crippen molar-refractivity contribution >= 4 is 5.78 Å². The monoisotopic (exact) mass is 259 g/mol. The maximum absolute atomic E-state index is 12.2. The Kier molecular flexibility index (Phi) is 5.15. The Balaban J connectivity index is 1.91. The molecule has 2 heteroatoms. The van der Waals surface area contributed by atoms with Crippen molar-refractivity contribution in [2.45, 2.75) is 52.0 Å². The maximum atomic E-state index is 12.2. The van der Waals surface area contributed by atoms with Crippen LogP contribution in [0.15, 0.2) is 24.3 Å². The first-order valence-corrected chi connectivity index (χ1v) is 7.50. The van der Waals surface area contributed by atoms with Crippen molar-refractivity contribution in [1.82, 2.24) is 5.32 Å². The topological polar surface area (TPSA) is 29.1 Å². The second-order valence-electron chi connectivity index (χ2n) is 6.07. The van der Waals surface area contributed by atoms with Crippen molar-refractivity contribution in [3.8, 4) is 0 Å². The molecular formula is C17H25NO. The lowest BCUT2D eigenvalue weighted by Crippen LogP contribution is -2.35. The zero-order chi connectivity index (χ0) is 13.7. The van der Waals surface area contributed by atoms with Crippen LogP contribution in [0.1, 0.15) is 55.5 Å². The van der Waals surface area contributed by atoms with E-state index in [1.165, 1.54) is 18.4 Å². The number of piperidine rings is 1. The van der Waals surface area contributed by atoms with E-state index in [1.54, 1.807) is 0 Å². The molecule has 0 aliphatic carbocycles. The minimum Gasteiger partial charge on any atom is -0.314 e. The Labute approximate surface area is 116 Å². The second kappa shape index (κ2) is 6.85. The van der Waals surface area contributed by atoms with Gasteiger partial charge in [0.1, 0.15) is 0 Å². The van der Waals surface area contributed by atoms with Gasteiger partial charge in [-0.25, -0.2) is 0 Å². The van der Waals surface area contributed by atoms with Gasteiger partial charge in [-0.05, 0) is 37.3 Å². The number of carbonyl (C=O) groups excluding carboxylic acids is 1. The van der Waals surface area contributed by atoms with Crippen LogP contribution in [-0.4, -0.2) is 18.4 Å². The number of benzene rings is 1. The van der Waals surface area contributed by atoms with E-state index in [0.29, 0.717) is 18.4 Å². The molecule has 1 unspecified atom stereocenters. The number of ketones is 1. The summed E-state index contributed by atoms with van der Waals surface area (Å²) in [4.78, 5) is 12.2. The molecule has 1 aliphatic heterocycles. The van der Waals surface area contributed by atoms with Gasteiger partial charge in [0, 0.05) is 18.0 Å². The minimum absolute atomic E-state index is 0.274. The van der Waals surface area contributed by atoms with Gasteiger partial charge in [-0.15, -0.1) is 0 Å². The molecule has 1 aromatic carbocycles. The number of rotatable bonds is 5. The van der Waals surface area contributed by atoms with Crippen LogP contribution in [0.4, 0.5) is 0 Å². The Bertz CT molecular complexity index is 402. The lowest BCUT2D eigenvalue weighted by molar-refractivity contribution is 0.0963. The zero-order valence-corrected chi connectivity index (χ0v) is 12.1. The molecule has 1 aromatic rings. The highest BCUT2D eigenvalue weighted by molar-refractivity contribution is 5.96. The summed E-state index contributed by atoms with van der Waals surface area (Å²) in [6.45, 7) is 5.49. The summed E-state index contributed by atoms with van der Waals surface area (Å²) in [5.41, 5.74) is 2.18. The summed E-state index contributed by atoms with van der Waals surface area (Å²) in [7, 11) is 0. The number of Topliss-reactive ketones (excluding diaryl/α,β-unsaturated/α-hetero) is 1. The highest BCUT2D eigenvalue weighted by Crippen LogP contribution is 2.15. The van der Waals surface area contributed by atoms with E-state index in [0.717, 1.165) is 24.9 Å². The lowest BCUT2D eigenvalue weighted by Gasteiger charge is -2.22. The fourth-order valence-electron chi connectivity index (χ4n) is 2.74. The van der Waals surface area contributed by atoms with Gasteiger partial charge in [-0.1, -0.05) is 44.5 Å². The fraction of sp³-hybridized carbons (Fsp3) is 0.588. The predicted octanol–water partition coefficient (Wildman–Crippen LogP) is 3.60. The third-order valence-corrected chi connectivity index (χ3v) is 3.76. The van der Waals surface area contributed by atoms with Crippen LogP contribution in [0.2, 0.25) is 0 Å². The van der Waals surface area contributed by atoms with E-state index in [9.17, 15) is 4.79 Å². The summed E-state index contributed by atoms with van der Waals surface area (Å²) in [5, 5.41) is 3.44. The van der Waals surface area contributed by atoms with Gasteiger partial charge >= 0.3 is 0 Å². The first kappa shape index (κ1) is 14.3. The highest BCUT2D eigenvalue weighted by atomic mass is 16.1. The third-order valence-electron chi connectivity index (χ3n) is 3.76. The zero-order valence-electron chi connectivity index (χ0n) is 12.1. The van der Waals surface area contributed by atoms with Crippen LogP contribution in [0.5, 0.6) is 0 Å². The molecule has 0 bridgehead atoms. The molecule has 0 saturated carbocycles. The number of hydrogen-bond acceptors (Lipinski definition) is 2. The number of carbonyl (C=O) groups is 1. The number of nitrogens with one attached hydrogen (secondary N) is 1. The molecule has 1 N–H and O–H groups in total. The van der Waals surface area contributed by atoms with Crippen LogP contribution in [0.3, 0.4) is 0 Å². The highest BCUT2D eigenvalue weighted by Gasteiger charge is 2.17. The largest absolute Gasteiger partial charge is 0.314 e. The van der Waals surface area contributed by atoms with Crippen LogP contribution in [0, 0.1) is 5.92 Å². The van der Waals surface area contributed by atoms with Crippen molar-refractivity contribution in [3.05, 3.63) is 35.4 Å². The van der Waals surface area contributed by atoms with Gasteiger partial charge in [-0.2, -0.15) is 0 Å². The molecule has 0 aromatic heterocycles. The van der Waals surface area contributed by atoms with Gasteiger partial charge in [0.25, 0.3) is 0 Å². The Morgan fingerprint density at radius 3 is 2.58 bits per heavy atom. The molecular weight excluding hydrogens is 234 g/mol. The van der Waals surface area contributed by atoms with Gasteiger partial charge in [0.15, 0.2) is 5.78 Å². The average molecular weight is 259 g/mol. The van der Waals surface area contributed by atoms with Crippen molar-refractivity contribution in [2.24, 2.45) is 5.92 Å². The quantitative estimate of drug-likeness (QED) is 0.819. The van der Waals surface area contributed by atoms with Gasteiger partial charge < -0.3 is 5.32 Å². The lowest BCUT2D eigenvalue weighted by atomic mass is 9.95. The van der Waals surface area contributed by atoms with Gasteiger partial charge in [0.05, 0.1) is 0 Å². The maximum Gasteiger partial charge on any atom is 0.164 e. The van der Waals surface area contributed by atoms with Crippen LogP contribution in [0.25, 0.3) is 0 Å². The van der Waals surface area contributed by atoms with Gasteiger partial charge in [-0.3, -0.25) is 4.79 Å². The van der Waals surface area contributed by atoms with Crippen molar-refractivity contribution < 1.29 is 4.79 Å². The molecule has 1 fully saturated rings. The predicted molar refractivity (Wildman–Crippen MR) is 79.6 cm³/mol. The Hall–Kier alpha value is -1.15. The van der Waals surface area contributed by atoms with Crippen LogP contribution in [-0.2, 0) is 6.42 Å². The smallest absolute Gasteiger partial charge is 0.164 e. The molecule has 0 spiro atoms. The molecule has 1 aliphatic rings. The Morgan fingerprint density at radius 1 is 1.26 bits per heavy atom. The summed E-state index contributed by atoms with van der Waals surface area (Å²) < 4.78 is 0. The SMILES string of the molecule is CC(C)Cc1ccc(C(=O)CC2CCCCN2)cc1. The van der Waals surface area contributed by atoms with E-state index >= 15 is 0 Å². The van der Waals surface area contributed by atoms with Gasteiger partial charge in [0.2, 0.25) is 0 Å². The van der Waals surface area contributed by atoms with Crippen LogP contribution < -0.4 is 5.32 Å². The standard InChI is InChI=1S/C17H25NO/c1-13(2)11-14-6-8-15(9-7-14)17(19)12-16-5-3-4-10-18-16/h6-9,13,16,18H,3-5,10-12H2,1-2H3. The summed E-state index contributed by atoms with van der Waals surface area (Å²) in [6, 6.07) is 8.56. The molecule has 2 rings (SSSR count). The van der Waals surface area contributed by atoms with E-state index in [-0.39, 0.29) is 5.78 Å². The normalized spacial score (nSPS) is 19.6. The molecule has 19 heavy (non-hydrogen) atoms. The molecule has 1 atom stereocenters. The van der Waals surface area contributed by atoms with Crippen molar-refractivity contribution in [1.29, 1.82) is 0 Å². The van der Waals surface area contributed by atoms with E-state index in [1.807, 2.05) is 12.1 Å². The minimum atomic E-state index is 0.274. The fourth-order valence-corrected chi connectivity index (χ4v) is 2.74. The first-order valence-electron chi connectivity index (χ1n) is 7.50. The third kappa shape index (κ3) is 4.46. The molecule has 0 radical (unpaired) electrons. The van der Waals surface area contributed by atoms with E-state index in [2.05, 4.69) is 31.3 Å². The average Bonchev–Trinajstić information content (AvgIpc) is 2.40. The summed E-state index contributed by atoms with van der Waals surface area (Å²) in [5.74, 6) is 0.934. The molecule has 2 nitrogen and oxygen atoms in total. The summed E-state index contributed by atoms with van der Waals surface area (Å²) >= 11 is 0. The molecule has 0 amide bonds. The van der Waals surface area contributed by atoms with E-state index < -0.39 is 0 Å². The van der Waals surface area contributed by atoms with Crippen molar-refractivity contribution in [3.63, 3.8) is 0 Å².